The fourth-order valence-electron chi connectivity index (χ4n) is 0.549. The summed E-state index contributed by atoms with van der Waals surface area (Å²) in [5.41, 5.74) is 4.76. The van der Waals surface area contributed by atoms with Gasteiger partial charge in [0.15, 0.2) is 0 Å². The minimum Gasteiger partial charge on any atom is -0.381 e. The number of amides is 2. The van der Waals surface area contributed by atoms with Gasteiger partial charge in [-0.3, -0.25) is 9.59 Å². The molecule has 0 saturated carbocycles. The normalized spacial score (nSPS) is 14.7. The highest BCUT2D eigenvalue weighted by Crippen LogP contribution is 1.87. The molecule has 0 aromatic carbocycles. The molecule has 0 aliphatic rings. The first kappa shape index (κ1) is 11.9. The van der Waals surface area contributed by atoms with Crippen LogP contribution in [0.5, 0.6) is 0 Å². The summed E-state index contributed by atoms with van der Waals surface area (Å²) in [6, 6.07) is 0. The molecule has 0 spiro atoms. The molecule has 0 rings (SSSR count). The number of aliphatic hydroxyl groups is 1. The summed E-state index contributed by atoms with van der Waals surface area (Å²) in [4.78, 5) is 21.3. The Morgan fingerprint density at radius 3 is 2.54 bits per heavy atom. The van der Waals surface area contributed by atoms with E-state index in [0.29, 0.717) is 0 Å². The van der Waals surface area contributed by atoms with Crippen LogP contribution in [0.4, 0.5) is 0 Å². The number of carbonyl (C=O) groups is 2. The zero-order valence-electron chi connectivity index (χ0n) is 7.61. The molecule has 0 saturated heterocycles. The lowest BCUT2D eigenvalue weighted by Crippen LogP contribution is -2.43. The molecule has 0 bridgehead atoms. The predicted molar refractivity (Wildman–Crippen MR) is 44.7 cm³/mol. The van der Waals surface area contributed by atoms with Gasteiger partial charge in [-0.05, 0) is 6.92 Å². The van der Waals surface area contributed by atoms with Gasteiger partial charge in [0, 0.05) is 7.11 Å². The van der Waals surface area contributed by atoms with Crippen molar-refractivity contribution in [3.63, 3.8) is 0 Å². The van der Waals surface area contributed by atoms with E-state index in [4.69, 9.17) is 15.6 Å². The lowest BCUT2D eigenvalue weighted by Gasteiger charge is -2.11. The summed E-state index contributed by atoms with van der Waals surface area (Å²) in [7, 11) is 1.38. The van der Waals surface area contributed by atoms with E-state index >= 15 is 0 Å². The number of methoxy groups -OCH3 is 1. The van der Waals surface area contributed by atoms with E-state index in [-0.39, 0.29) is 6.54 Å². The molecule has 0 heterocycles. The molecule has 76 valence electrons. The van der Waals surface area contributed by atoms with Crippen LogP contribution in [0, 0.1) is 0 Å². The second-order valence-corrected chi connectivity index (χ2v) is 2.54. The third-order valence-corrected chi connectivity index (χ3v) is 1.52. The molecular formula is C7H14N2O4. The van der Waals surface area contributed by atoms with E-state index in [1.165, 1.54) is 7.11 Å². The van der Waals surface area contributed by atoms with Crippen LogP contribution in [0.1, 0.15) is 6.92 Å². The van der Waals surface area contributed by atoms with Gasteiger partial charge in [0.2, 0.25) is 11.8 Å². The average molecular weight is 190 g/mol. The Morgan fingerprint density at radius 2 is 2.15 bits per heavy atom. The van der Waals surface area contributed by atoms with Gasteiger partial charge in [0.1, 0.15) is 12.2 Å². The molecular weight excluding hydrogens is 176 g/mol. The van der Waals surface area contributed by atoms with Gasteiger partial charge < -0.3 is 20.9 Å². The number of carbonyl (C=O) groups excluding carboxylic acids is 2. The highest BCUT2D eigenvalue weighted by molar-refractivity contribution is 5.82. The highest BCUT2D eigenvalue weighted by Gasteiger charge is 2.15. The van der Waals surface area contributed by atoms with Gasteiger partial charge in [-0.2, -0.15) is 0 Å². The van der Waals surface area contributed by atoms with Crippen LogP contribution < -0.4 is 11.1 Å². The molecule has 2 amide bonds. The fourth-order valence-corrected chi connectivity index (χ4v) is 0.549. The summed E-state index contributed by atoms with van der Waals surface area (Å²) in [6.07, 6.45) is -1.96. The first-order valence-electron chi connectivity index (χ1n) is 3.77. The molecule has 0 aliphatic carbocycles. The van der Waals surface area contributed by atoms with Crippen molar-refractivity contribution in [1.82, 2.24) is 5.32 Å². The maximum absolute atomic E-state index is 11.0. The number of primary amides is 1. The zero-order valence-corrected chi connectivity index (χ0v) is 7.61. The quantitative estimate of drug-likeness (QED) is 0.466. The van der Waals surface area contributed by atoms with Gasteiger partial charge in [-0.15, -0.1) is 0 Å². The number of nitrogens with two attached hydrogens (primary N) is 1. The Hall–Kier alpha value is -1.14. The van der Waals surface area contributed by atoms with Crippen LogP contribution in [-0.4, -0.2) is 42.8 Å². The van der Waals surface area contributed by atoms with E-state index in [1.807, 2.05) is 0 Å². The summed E-state index contributed by atoms with van der Waals surface area (Å²) >= 11 is 0. The largest absolute Gasteiger partial charge is 0.381 e. The lowest BCUT2D eigenvalue weighted by atomic mass is 10.3. The van der Waals surface area contributed by atoms with Crippen LogP contribution in [0.15, 0.2) is 0 Å². The minimum atomic E-state index is -1.35. The standard InChI is InChI=1S/C7H14N2O4/c1-4(13-2)7(12)9-3-5(10)6(8)11/h4-5,10H,3H2,1-2H3,(H2,8,11)(H,9,12). The second-order valence-electron chi connectivity index (χ2n) is 2.54. The van der Waals surface area contributed by atoms with Crippen molar-refractivity contribution in [3.8, 4) is 0 Å². The van der Waals surface area contributed by atoms with E-state index in [1.54, 1.807) is 6.92 Å². The van der Waals surface area contributed by atoms with Crippen molar-refractivity contribution in [3.05, 3.63) is 0 Å². The number of ether oxygens (including phenoxy) is 1. The molecule has 0 aliphatic heterocycles. The molecule has 2 unspecified atom stereocenters. The number of nitrogens with one attached hydrogen (secondary N) is 1. The molecule has 4 N–H and O–H groups in total. The second kappa shape index (κ2) is 5.50. The highest BCUT2D eigenvalue weighted by atomic mass is 16.5. The van der Waals surface area contributed by atoms with Gasteiger partial charge in [0.25, 0.3) is 0 Å². The van der Waals surface area contributed by atoms with Gasteiger partial charge in [-0.25, -0.2) is 0 Å². The average Bonchev–Trinajstić information content (AvgIpc) is 2.11. The van der Waals surface area contributed by atoms with Crippen molar-refractivity contribution in [2.75, 3.05) is 13.7 Å². The summed E-state index contributed by atoms with van der Waals surface area (Å²) in [5, 5.41) is 11.2. The smallest absolute Gasteiger partial charge is 0.248 e. The number of rotatable bonds is 5. The van der Waals surface area contributed by atoms with Crippen molar-refractivity contribution in [2.45, 2.75) is 19.1 Å². The Labute approximate surface area is 76.0 Å². The van der Waals surface area contributed by atoms with Crippen molar-refractivity contribution >= 4 is 11.8 Å². The topological polar surface area (TPSA) is 102 Å². The summed E-state index contributed by atoms with van der Waals surface area (Å²) in [5.74, 6) is -1.27. The minimum absolute atomic E-state index is 0.193. The monoisotopic (exact) mass is 190 g/mol. The summed E-state index contributed by atoms with van der Waals surface area (Å²) < 4.78 is 4.69. The third-order valence-electron chi connectivity index (χ3n) is 1.52. The molecule has 0 aromatic heterocycles. The van der Waals surface area contributed by atoms with E-state index < -0.39 is 24.0 Å². The van der Waals surface area contributed by atoms with E-state index in [2.05, 4.69) is 5.32 Å². The van der Waals surface area contributed by atoms with Crippen molar-refractivity contribution < 1.29 is 19.4 Å². The Kier molecular flexibility index (Phi) is 5.01. The molecule has 0 fully saturated rings. The predicted octanol–water partition coefficient (Wildman–Crippen LogP) is -2.02. The molecule has 0 aromatic rings. The molecule has 6 heteroatoms. The Morgan fingerprint density at radius 1 is 1.62 bits per heavy atom. The van der Waals surface area contributed by atoms with Crippen LogP contribution in [0.25, 0.3) is 0 Å². The van der Waals surface area contributed by atoms with E-state index in [9.17, 15) is 9.59 Å². The van der Waals surface area contributed by atoms with Crippen molar-refractivity contribution in [1.29, 1.82) is 0 Å². The SMILES string of the molecule is COC(C)C(=O)NCC(O)C(N)=O. The molecule has 13 heavy (non-hydrogen) atoms. The maximum Gasteiger partial charge on any atom is 0.248 e. The van der Waals surface area contributed by atoms with Crippen LogP contribution in [0.2, 0.25) is 0 Å². The van der Waals surface area contributed by atoms with Crippen LogP contribution in [0.3, 0.4) is 0 Å². The lowest BCUT2D eigenvalue weighted by molar-refractivity contribution is -0.131. The van der Waals surface area contributed by atoms with Crippen LogP contribution in [-0.2, 0) is 14.3 Å². The number of hydrogen-bond donors (Lipinski definition) is 3. The van der Waals surface area contributed by atoms with E-state index in [0.717, 1.165) is 0 Å². The summed E-state index contributed by atoms with van der Waals surface area (Å²) in [6.45, 7) is 1.36. The van der Waals surface area contributed by atoms with Crippen molar-refractivity contribution in [2.24, 2.45) is 5.73 Å². The first-order valence-corrected chi connectivity index (χ1v) is 3.77. The van der Waals surface area contributed by atoms with Gasteiger partial charge in [0.05, 0.1) is 6.54 Å². The zero-order chi connectivity index (χ0) is 10.4. The first-order chi connectivity index (χ1) is 5.99. The number of hydrogen-bond acceptors (Lipinski definition) is 4. The molecule has 6 nitrogen and oxygen atoms in total. The molecule has 0 radical (unpaired) electrons. The molecule has 2 atom stereocenters. The third kappa shape index (κ3) is 4.44. The Balaban J connectivity index is 3.76. The van der Waals surface area contributed by atoms with Crippen LogP contribution >= 0.6 is 0 Å². The van der Waals surface area contributed by atoms with Gasteiger partial charge in [-0.1, -0.05) is 0 Å². The Bertz CT molecular complexity index is 195. The maximum atomic E-state index is 11.0. The number of aliphatic hydroxyl groups excluding tert-OH is 1. The van der Waals surface area contributed by atoms with Gasteiger partial charge >= 0.3 is 0 Å². The fraction of sp³-hybridized carbons (Fsp3) is 0.714.